The van der Waals surface area contributed by atoms with E-state index in [1.807, 2.05) is 35.2 Å². The largest absolute Gasteiger partial charge is 0.337 e. The maximum atomic E-state index is 12.9. The standard InChI is InChI=1S/C19H27N3O3S/c23-19-18(9-12-21(19)15-16-5-2-1-3-6-16)20-10-4-11-22(14-13-20)26(24,25)17-7-8-17/h1-3,5-6,17-18H,4,7-15H2/t18-/m0/s1. The van der Waals surface area contributed by atoms with E-state index in [0.717, 1.165) is 44.3 Å². The summed E-state index contributed by atoms with van der Waals surface area (Å²) in [6, 6.07) is 9.98. The monoisotopic (exact) mass is 377 g/mol. The molecule has 6 nitrogen and oxygen atoms in total. The molecule has 3 aliphatic rings. The third-order valence-corrected chi connectivity index (χ3v) is 8.12. The van der Waals surface area contributed by atoms with Gasteiger partial charge in [0.15, 0.2) is 0 Å². The summed E-state index contributed by atoms with van der Waals surface area (Å²) in [6.45, 7) is 3.99. The number of carbonyl (C=O) groups excluding carboxylic acids is 1. The minimum Gasteiger partial charge on any atom is -0.337 e. The molecule has 1 aromatic carbocycles. The van der Waals surface area contributed by atoms with Crippen LogP contribution in [0, 0.1) is 0 Å². The summed E-state index contributed by atoms with van der Waals surface area (Å²) in [5.74, 6) is 0.187. The van der Waals surface area contributed by atoms with E-state index in [9.17, 15) is 13.2 Å². The van der Waals surface area contributed by atoms with Crippen molar-refractivity contribution in [3.8, 4) is 0 Å². The van der Waals surface area contributed by atoms with Crippen LogP contribution in [0.15, 0.2) is 30.3 Å². The Balaban J connectivity index is 1.37. The normalized spacial score (nSPS) is 26.2. The summed E-state index contributed by atoms with van der Waals surface area (Å²) in [5, 5.41) is -0.150. The molecular weight excluding hydrogens is 350 g/mol. The zero-order valence-electron chi connectivity index (χ0n) is 15.1. The maximum Gasteiger partial charge on any atom is 0.240 e. The van der Waals surface area contributed by atoms with Crippen molar-refractivity contribution >= 4 is 15.9 Å². The van der Waals surface area contributed by atoms with E-state index in [1.165, 1.54) is 0 Å². The Morgan fingerprint density at radius 3 is 2.42 bits per heavy atom. The van der Waals surface area contributed by atoms with Crippen LogP contribution in [0.4, 0.5) is 0 Å². The van der Waals surface area contributed by atoms with Gasteiger partial charge in [-0.15, -0.1) is 0 Å². The lowest BCUT2D eigenvalue weighted by Crippen LogP contribution is -2.44. The number of likely N-dealkylation sites (tertiary alicyclic amines) is 1. The van der Waals surface area contributed by atoms with Gasteiger partial charge in [0.05, 0.1) is 11.3 Å². The molecule has 26 heavy (non-hydrogen) atoms. The molecule has 3 fully saturated rings. The summed E-state index contributed by atoms with van der Waals surface area (Å²) in [5.41, 5.74) is 1.15. The quantitative estimate of drug-likeness (QED) is 0.776. The van der Waals surface area contributed by atoms with E-state index in [1.54, 1.807) is 4.31 Å². The molecule has 142 valence electrons. The van der Waals surface area contributed by atoms with Crippen molar-refractivity contribution in [2.75, 3.05) is 32.7 Å². The summed E-state index contributed by atoms with van der Waals surface area (Å²) < 4.78 is 26.6. The first-order valence-electron chi connectivity index (χ1n) is 9.61. The lowest BCUT2D eigenvalue weighted by atomic mass is 10.2. The third-order valence-electron chi connectivity index (χ3n) is 5.72. The Morgan fingerprint density at radius 2 is 1.69 bits per heavy atom. The zero-order valence-corrected chi connectivity index (χ0v) is 15.9. The summed E-state index contributed by atoms with van der Waals surface area (Å²) in [4.78, 5) is 17.0. The van der Waals surface area contributed by atoms with Gasteiger partial charge in [-0.2, -0.15) is 0 Å². The highest BCUT2D eigenvalue weighted by atomic mass is 32.2. The summed E-state index contributed by atoms with van der Waals surface area (Å²) in [7, 11) is -3.11. The number of hydrogen-bond donors (Lipinski definition) is 0. The first-order valence-corrected chi connectivity index (χ1v) is 11.1. The number of rotatable bonds is 5. The van der Waals surface area contributed by atoms with Crippen LogP contribution < -0.4 is 0 Å². The molecule has 1 saturated carbocycles. The molecule has 0 aromatic heterocycles. The van der Waals surface area contributed by atoms with Gasteiger partial charge in [0, 0.05) is 39.3 Å². The van der Waals surface area contributed by atoms with E-state index >= 15 is 0 Å². The van der Waals surface area contributed by atoms with E-state index in [4.69, 9.17) is 0 Å². The topological polar surface area (TPSA) is 60.9 Å². The van der Waals surface area contributed by atoms with E-state index in [0.29, 0.717) is 26.2 Å². The Labute approximate surface area is 155 Å². The molecule has 0 radical (unpaired) electrons. The first kappa shape index (κ1) is 17.9. The molecule has 0 N–H and O–H groups in total. The van der Waals surface area contributed by atoms with E-state index < -0.39 is 10.0 Å². The molecule has 1 aliphatic carbocycles. The van der Waals surface area contributed by atoms with Gasteiger partial charge in [-0.05, 0) is 31.2 Å². The average molecular weight is 378 g/mol. The molecule has 0 spiro atoms. The first-order chi connectivity index (χ1) is 12.6. The molecule has 7 heteroatoms. The number of sulfonamides is 1. The Hall–Kier alpha value is -1.44. The fourth-order valence-corrected chi connectivity index (χ4v) is 5.95. The fourth-order valence-electron chi connectivity index (χ4n) is 4.08. The number of nitrogens with zero attached hydrogens (tertiary/aromatic N) is 3. The van der Waals surface area contributed by atoms with Crippen LogP contribution in [-0.2, 0) is 21.4 Å². The predicted octanol–water partition coefficient (Wildman–Crippen LogP) is 1.29. The number of benzene rings is 1. The van der Waals surface area contributed by atoms with Gasteiger partial charge in [-0.3, -0.25) is 9.69 Å². The van der Waals surface area contributed by atoms with Crippen LogP contribution >= 0.6 is 0 Å². The van der Waals surface area contributed by atoms with Crippen LogP contribution in [0.1, 0.15) is 31.2 Å². The van der Waals surface area contributed by atoms with Gasteiger partial charge in [-0.1, -0.05) is 30.3 Å². The van der Waals surface area contributed by atoms with Crippen LogP contribution in [-0.4, -0.2) is 72.4 Å². The molecule has 0 bridgehead atoms. The number of hydrogen-bond acceptors (Lipinski definition) is 4. The van der Waals surface area contributed by atoms with Crippen molar-refractivity contribution in [1.82, 2.24) is 14.1 Å². The third kappa shape index (κ3) is 3.66. The van der Waals surface area contributed by atoms with Crippen LogP contribution in [0.2, 0.25) is 0 Å². The highest BCUT2D eigenvalue weighted by Gasteiger charge is 2.42. The van der Waals surface area contributed by atoms with Crippen molar-refractivity contribution in [3.63, 3.8) is 0 Å². The smallest absolute Gasteiger partial charge is 0.240 e. The Bertz CT molecular complexity index is 749. The van der Waals surface area contributed by atoms with Gasteiger partial charge < -0.3 is 4.90 Å². The van der Waals surface area contributed by atoms with Gasteiger partial charge in [0.25, 0.3) is 0 Å². The highest BCUT2D eigenvalue weighted by molar-refractivity contribution is 7.90. The minimum absolute atomic E-state index is 0.0951. The van der Waals surface area contributed by atoms with Crippen molar-refractivity contribution in [2.45, 2.75) is 43.5 Å². The molecular formula is C19H27N3O3S. The van der Waals surface area contributed by atoms with Gasteiger partial charge in [0.1, 0.15) is 0 Å². The number of carbonyl (C=O) groups is 1. The van der Waals surface area contributed by atoms with Crippen LogP contribution in [0.5, 0.6) is 0 Å². The predicted molar refractivity (Wildman–Crippen MR) is 100.0 cm³/mol. The second kappa shape index (κ2) is 7.29. The molecule has 1 amide bonds. The second-order valence-corrected chi connectivity index (χ2v) is 9.80. The van der Waals surface area contributed by atoms with Crippen LogP contribution in [0.3, 0.4) is 0 Å². The molecule has 1 atom stereocenters. The van der Waals surface area contributed by atoms with Crippen LogP contribution in [0.25, 0.3) is 0 Å². The van der Waals surface area contributed by atoms with Crippen molar-refractivity contribution in [1.29, 1.82) is 0 Å². The maximum absolute atomic E-state index is 12.9. The highest BCUT2D eigenvalue weighted by Crippen LogP contribution is 2.31. The van der Waals surface area contributed by atoms with E-state index in [-0.39, 0.29) is 17.2 Å². The molecule has 2 aliphatic heterocycles. The Kier molecular flexibility index (Phi) is 5.03. The molecule has 2 heterocycles. The van der Waals surface area contributed by atoms with Gasteiger partial charge >= 0.3 is 0 Å². The molecule has 0 unspecified atom stereocenters. The van der Waals surface area contributed by atoms with E-state index in [2.05, 4.69) is 4.90 Å². The number of amides is 1. The SMILES string of the molecule is O=C1[C@@H](N2CCCN(S(=O)(=O)C3CC3)CC2)CCN1Cc1ccccc1. The van der Waals surface area contributed by atoms with Gasteiger partial charge in [-0.25, -0.2) is 12.7 Å². The average Bonchev–Trinajstić information content (AvgIpc) is 3.46. The summed E-state index contributed by atoms with van der Waals surface area (Å²) in [6.07, 6.45) is 3.24. The lowest BCUT2D eigenvalue weighted by Gasteiger charge is -2.26. The zero-order chi connectivity index (χ0) is 18.1. The van der Waals surface area contributed by atoms with Crippen molar-refractivity contribution in [2.24, 2.45) is 0 Å². The second-order valence-electron chi connectivity index (χ2n) is 7.58. The Morgan fingerprint density at radius 1 is 0.923 bits per heavy atom. The minimum atomic E-state index is -3.11. The molecule has 1 aromatic rings. The summed E-state index contributed by atoms with van der Waals surface area (Å²) >= 11 is 0. The van der Waals surface area contributed by atoms with Gasteiger partial charge in [0.2, 0.25) is 15.9 Å². The fraction of sp³-hybridized carbons (Fsp3) is 0.632. The van der Waals surface area contributed by atoms with Crippen molar-refractivity contribution in [3.05, 3.63) is 35.9 Å². The van der Waals surface area contributed by atoms with Crippen molar-refractivity contribution < 1.29 is 13.2 Å². The lowest BCUT2D eigenvalue weighted by molar-refractivity contribution is -0.132. The molecule has 2 saturated heterocycles. The molecule has 4 rings (SSSR count).